The van der Waals surface area contributed by atoms with Crippen LogP contribution in [0.2, 0.25) is 10.0 Å². The lowest BCUT2D eigenvalue weighted by atomic mass is 10.2. The van der Waals surface area contributed by atoms with Crippen molar-refractivity contribution in [2.45, 2.75) is 12.8 Å². The van der Waals surface area contributed by atoms with Crippen LogP contribution in [0.1, 0.15) is 33.7 Å². The average Bonchev–Trinajstić information content (AvgIpc) is 3.57. The number of halogens is 2. The number of carbonyl (C=O) groups is 3. The fraction of sp³-hybridized carbons (Fsp3) is 0.259. The summed E-state index contributed by atoms with van der Waals surface area (Å²) in [4.78, 5) is 39.2. The lowest BCUT2D eigenvalue weighted by Gasteiger charge is -2.17. The number of rotatable bonds is 8. The van der Waals surface area contributed by atoms with Gasteiger partial charge in [0, 0.05) is 37.1 Å². The minimum atomic E-state index is -0.738. The molecule has 12 heteroatoms. The standard InChI is InChI=1S/C16H23N3O.C11H8Cl2N4O2/c1-18(2)11-5-6-16(20)17-14-7-9-15(10-8-14)19-12-3-4-13-19;12-5-2-1-3-6(13)8(5)11(19)16-7-4-15-17-9(7)10(14)18/h5-10H,3-4,11-13H2,1-2H3,(H,17,20);1-4H,(H2,14,18)(H,15,17)(H,16,19)/b6-5+;. The first-order valence-electron chi connectivity index (χ1n) is 12.2. The zero-order chi connectivity index (χ0) is 28.4. The highest BCUT2D eigenvalue weighted by Gasteiger charge is 2.18. The number of carbonyl (C=O) groups excluding carboxylic acids is 3. The summed E-state index contributed by atoms with van der Waals surface area (Å²) in [5.41, 5.74) is 7.47. The van der Waals surface area contributed by atoms with Crippen molar-refractivity contribution >= 4 is 58.0 Å². The summed E-state index contributed by atoms with van der Waals surface area (Å²) in [5.74, 6) is -1.38. The molecule has 39 heavy (non-hydrogen) atoms. The number of nitrogens with two attached hydrogens (primary N) is 1. The van der Waals surface area contributed by atoms with Gasteiger partial charge in [-0.15, -0.1) is 0 Å². The molecule has 4 rings (SSSR count). The summed E-state index contributed by atoms with van der Waals surface area (Å²) < 4.78 is 0. The number of nitrogens with one attached hydrogen (secondary N) is 3. The van der Waals surface area contributed by atoms with Gasteiger partial charge in [0.2, 0.25) is 5.91 Å². The molecule has 5 N–H and O–H groups in total. The van der Waals surface area contributed by atoms with Crippen LogP contribution in [0, 0.1) is 0 Å². The van der Waals surface area contributed by atoms with Crippen molar-refractivity contribution in [1.29, 1.82) is 0 Å². The summed E-state index contributed by atoms with van der Waals surface area (Å²) in [5, 5.41) is 11.8. The fourth-order valence-electron chi connectivity index (χ4n) is 3.75. The second-order valence-electron chi connectivity index (χ2n) is 8.97. The number of aromatic nitrogens is 2. The van der Waals surface area contributed by atoms with Crippen molar-refractivity contribution < 1.29 is 14.4 Å². The van der Waals surface area contributed by atoms with E-state index in [1.54, 1.807) is 12.1 Å². The van der Waals surface area contributed by atoms with E-state index >= 15 is 0 Å². The van der Waals surface area contributed by atoms with E-state index in [1.807, 2.05) is 37.2 Å². The predicted octanol–water partition coefficient (Wildman–Crippen LogP) is 4.41. The second-order valence-corrected chi connectivity index (χ2v) is 9.78. The molecule has 1 aliphatic heterocycles. The van der Waals surface area contributed by atoms with E-state index in [1.165, 1.54) is 36.9 Å². The highest BCUT2D eigenvalue weighted by molar-refractivity contribution is 6.40. The molecule has 10 nitrogen and oxygen atoms in total. The number of primary amides is 1. The number of anilines is 3. The number of aromatic amines is 1. The maximum Gasteiger partial charge on any atom is 0.268 e. The Morgan fingerprint density at radius 3 is 2.28 bits per heavy atom. The molecule has 1 fully saturated rings. The van der Waals surface area contributed by atoms with Crippen molar-refractivity contribution in [1.82, 2.24) is 15.1 Å². The molecule has 1 saturated heterocycles. The van der Waals surface area contributed by atoms with Crippen LogP contribution < -0.4 is 21.3 Å². The smallest absolute Gasteiger partial charge is 0.268 e. The van der Waals surface area contributed by atoms with Gasteiger partial charge in [0.15, 0.2) is 0 Å². The number of nitrogens with zero attached hydrogens (tertiary/aromatic N) is 3. The van der Waals surface area contributed by atoms with Crippen LogP contribution in [0.4, 0.5) is 17.1 Å². The van der Waals surface area contributed by atoms with E-state index in [4.69, 9.17) is 28.9 Å². The topological polar surface area (TPSA) is 136 Å². The Morgan fingerprint density at radius 1 is 1.05 bits per heavy atom. The zero-order valence-electron chi connectivity index (χ0n) is 21.7. The number of benzene rings is 2. The Balaban J connectivity index is 0.000000216. The van der Waals surface area contributed by atoms with Gasteiger partial charge in [0.1, 0.15) is 5.69 Å². The average molecular weight is 572 g/mol. The highest BCUT2D eigenvalue weighted by atomic mass is 35.5. The van der Waals surface area contributed by atoms with Crippen LogP contribution in [0.15, 0.2) is 60.8 Å². The molecule has 0 radical (unpaired) electrons. The molecular formula is C27H31Cl2N7O3. The molecule has 0 unspecified atom stereocenters. The minimum Gasteiger partial charge on any atom is -0.372 e. The van der Waals surface area contributed by atoms with Gasteiger partial charge < -0.3 is 26.2 Å². The van der Waals surface area contributed by atoms with E-state index in [0.717, 1.165) is 25.3 Å². The van der Waals surface area contributed by atoms with Gasteiger partial charge >= 0.3 is 0 Å². The van der Waals surface area contributed by atoms with Crippen molar-refractivity contribution in [2.24, 2.45) is 5.73 Å². The van der Waals surface area contributed by atoms with Crippen LogP contribution in [0.3, 0.4) is 0 Å². The summed E-state index contributed by atoms with van der Waals surface area (Å²) >= 11 is 11.8. The van der Waals surface area contributed by atoms with Crippen LogP contribution in [0.25, 0.3) is 0 Å². The summed E-state index contributed by atoms with van der Waals surface area (Å²) in [7, 11) is 3.94. The van der Waals surface area contributed by atoms with Crippen molar-refractivity contribution in [3.63, 3.8) is 0 Å². The normalized spacial score (nSPS) is 12.8. The Labute approximate surface area is 237 Å². The number of hydrogen-bond acceptors (Lipinski definition) is 6. The van der Waals surface area contributed by atoms with E-state index in [0.29, 0.717) is 0 Å². The number of likely N-dealkylation sites (N-methyl/N-ethyl adjacent to an activating group) is 1. The summed E-state index contributed by atoms with van der Waals surface area (Å²) in [6, 6.07) is 12.8. The van der Waals surface area contributed by atoms with E-state index < -0.39 is 11.8 Å². The van der Waals surface area contributed by atoms with Gasteiger partial charge in [0.05, 0.1) is 27.5 Å². The zero-order valence-corrected chi connectivity index (χ0v) is 23.2. The maximum atomic E-state index is 12.1. The monoisotopic (exact) mass is 571 g/mol. The van der Waals surface area contributed by atoms with Gasteiger partial charge in [-0.05, 0) is 63.3 Å². The summed E-state index contributed by atoms with van der Waals surface area (Å²) in [6.07, 6.45) is 7.25. The molecule has 0 spiro atoms. The molecule has 1 aliphatic rings. The second kappa shape index (κ2) is 14.3. The van der Waals surface area contributed by atoms with Gasteiger partial charge in [-0.3, -0.25) is 19.5 Å². The Morgan fingerprint density at radius 2 is 1.69 bits per heavy atom. The number of amides is 3. The van der Waals surface area contributed by atoms with Crippen molar-refractivity contribution in [3.8, 4) is 0 Å². The van der Waals surface area contributed by atoms with Crippen LogP contribution in [0.5, 0.6) is 0 Å². The first-order valence-corrected chi connectivity index (χ1v) is 13.0. The molecular weight excluding hydrogens is 541 g/mol. The van der Waals surface area contributed by atoms with E-state index in [9.17, 15) is 14.4 Å². The molecule has 2 aromatic carbocycles. The minimum absolute atomic E-state index is 0.00322. The van der Waals surface area contributed by atoms with Crippen molar-refractivity contribution in [2.75, 3.05) is 49.3 Å². The third-order valence-corrected chi connectivity index (χ3v) is 6.30. The first kappa shape index (κ1) is 29.7. The maximum absolute atomic E-state index is 12.1. The number of hydrogen-bond donors (Lipinski definition) is 4. The lowest BCUT2D eigenvalue weighted by Crippen LogP contribution is -2.18. The van der Waals surface area contributed by atoms with Gasteiger partial charge in [0.25, 0.3) is 11.8 Å². The van der Waals surface area contributed by atoms with Gasteiger partial charge in [-0.2, -0.15) is 5.10 Å². The number of H-pyrrole nitrogens is 1. The van der Waals surface area contributed by atoms with Crippen LogP contribution in [-0.2, 0) is 4.79 Å². The summed E-state index contributed by atoms with van der Waals surface area (Å²) in [6.45, 7) is 3.04. The van der Waals surface area contributed by atoms with E-state index in [2.05, 4.69) is 37.9 Å². The first-order chi connectivity index (χ1) is 18.7. The molecule has 0 aliphatic carbocycles. The molecule has 2 heterocycles. The SMILES string of the molecule is CN(C)C/C=C/C(=O)Nc1ccc(N2CCCC2)cc1.NC(=O)c1[nH]ncc1NC(=O)c1c(Cl)cccc1Cl. The molecule has 3 aromatic rings. The fourth-order valence-corrected chi connectivity index (χ4v) is 4.32. The largest absolute Gasteiger partial charge is 0.372 e. The molecule has 1 aromatic heterocycles. The Kier molecular flexibility index (Phi) is 10.9. The molecule has 0 atom stereocenters. The molecule has 0 saturated carbocycles. The quantitative estimate of drug-likeness (QED) is 0.295. The molecule has 0 bridgehead atoms. The lowest BCUT2D eigenvalue weighted by molar-refractivity contribution is -0.111. The van der Waals surface area contributed by atoms with Crippen LogP contribution >= 0.6 is 23.2 Å². The molecule has 3 amide bonds. The van der Waals surface area contributed by atoms with Gasteiger partial charge in [-0.1, -0.05) is 35.3 Å². The Hall–Kier alpha value is -3.86. The Bertz CT molecular complexity index is 1300. The third kappa shape index (κ3) is 8.85. The predicted molar refractivity (Wildman–Crippen MR) is 156 cm³/mol. The van der Waals surface area contributed by atoms with Crippen LogP contribution in [-0.4, -0.2) is 66.5 Å². The highest BCUT2D eigenvalue weighted by Crippen LogP contribution is 2.26. The molecule has 206 valence electrons. The van der Waals surface area contributed by atoms with E-state index in [-0.39, 0.29) is 32.9 Å². The van der Waals surface area contributed by atoms with Gasteiger partial charge in [-0.25, -0.2) is 0 Å². The van der Waals surface area contributed by atoms with Crippen molar-refractivity contribution in [3.05, 3.63) is 82.1 Å². The third-order valence-electron chi connectivity index (χ3n) is 5.67.